The molecule has 0 spiro atoms. The molecule has 0 aliphatic carbocycles. The zero-order valence-corrected chi connectivity index (χ0v) is 19.7. The Morgan fingerprint density at radius 1 is 1.03 bits per heavy atom. The predicted octanol–water partition coefficient (Wildman–Crippen LogP) is 6.36. The van der Waals surface area contributed by atoms with Crippen molar-refractivity contribution in [2.24, 2.45) is 0 Å². The first-order chi connectivity index (χ1) is 16.6. The van der Waals surface area contributed by atoms with Gasteiger partial charge in [-0.05, 0) is 47.4 Å². The Morgan fingerprint density at radius 3 is 2.62 bits per heavy atom. The topological polar surface area (TPSA) is 53.5 Å². The van der Waals surface area contributed by atoms with Gasteiger partial charge in [-0.3, -0.25) is 14.5 Å². The first kappa shape index (κ1) is 22.0. The maximum absolute atomic E-state index is 13.2. The van der Waals surface area contributed by atoms with Gasteiger partial charge >= 0.3 is 0 Å². The van der Waals surface area contributed by atoms with Crippen LogP contribution >= 0.6 is 11.3 Å². The Bertz CT molecular complexity index is 1360. The van der Waals surface area contributed by atoms with Gasteiger partial charge in [-0.2, -0.15) is 0 Å². The van der Waals surface area contributed by atoms with Crippen molar-refractivity contribution < 1.29 is 9.59 Å². The van der Waals surface area contributed by atoms with Crippen LogP contribution in [0.3, 0.4) is 0 Å². The van der Waals surface area contributed by atoms with Gasteiger partial charge in [0.05, 0.1) is 17.4 Å². The molecule has 170 valence electrons. The Kier molecular flexibility index (Phi) is 6.23. The van der Waals surface area contributed by atoms with Crippen molar-refractivity contribution in [2.75, 3.05) is 11.4 Å². The number of anilines is 2. The molecule has 0 bridgehead atoms. The molecule has 1 aromatic heterocycles. The van der Waals surface area contributed by atoms with Crippen molar-refractivity contribution in [2.45, 2.75) is 25.8 Å². The number of hydrogen-bond donors (Lipinski definition) is 0. The molecule has 1 fully saturated rings. The zero-order chi connectivity index (χ0) is 23.5. The number of nitrogens with zero attached hydrogens (tertiary/aromatic N) is 3. The van der Waals surface area contributed by atoms with Crippen LogP contribution in [-0.2, 0) is 9.59 Å². The van der Waals surface area contributed by atoms with Crippen LogP contribution in [0, 0.1) is 0 Å². The lowest BCUT2D eigenvalue weighted by Crippen LogP contribution is -2.29. The Labute approximate surface area is 203 Å². The minimum atomic E-state index is -0.109. The summed E-state index contributed by atoms with van der Waals surface area (Å²) >= 11 is 1.38. The van der Waals surface area contributed by atoms with Crippen LogP contribution < -0.4 is 4.90 Å². The average molecular weight is 468 g/mol. The van der Waals surface area contributed by atoms with Gasteiger partial charge in [0.25, 0.3) is 0 Å². The van der Waals surface area contributed by atoms with Gasteiger partial charge in [0, 0.05) is 24.9 Å². The molecule has 1 aliphatic rings. The lowest BCUT2D eigenvalue weighted by atomic mass is 9.97. The van der Waals surface area contributed by atoms with E-state index in [2.05, 4.69) is 35.3 Å². The minimum absolute atomic E-state index is 0.0172. The molecule has 1 atom stereocenters. The van der Waals surface area contributed by atoms with E-state index in [0.717, 1.165) is 25.1 Å². The molecule has 0 saturated carbocycles. The second kappa shape index (κ2) is 9.61. The molecule has 34 heavy (non-hydrogen) atoms. The molecule has 3 aromatic carbocycles. The number of carbonyl (C=O) groups excluding carboxylic acids is 2. The van der Waals surface area contributed by atoms with Crippen molar-refractivity contribution in [1.82, 2.24) is 9.88 Å². The maximum atomic E-state index is 13.2. The summed E-state index contributed by atoms with van der Waals surface area (Å²) in [5.74, 6) is -0.126. The molecule has 5 nitrogen and oxygen atoms in total. The first-order valence-corrected chi connectivity index (χ1v) is 12.3. The lowest BCUT2D eigenvalue weighted by molar-refractivity contribution is -0.126. The summed E-state index contributed by atoms with van der Waals surface area (Å²) in [5.41, 5.74) is 2.63. The van der Waals surface area contributed by atoms with E-state index in [1.54, 1.807) is 17.1 Å². The summed E-state index contributed by atoms with van der Waals surface area (Å²) in [5, 5.41) is 4.84. The largest absolute Gasteiger partial charge is 0.332 e. The van der Waals surface area contributed by atoms with E-state index in [4.69, 9.17) is 0 Å². The number of hydrogen-bond acceptors (Lipinski definition) is 4. The highest BCUT2D eigenvalue weighted by molar-refractivity contribution is 7.14. The van der Waals surface area contributed by atoms with Crippen LogP contribution in [0.4, 0.5) is 10.8 Å². The third kappa shape index (κ3) is 4.37. The summed E-state index contributed by atoms with van der Waals surface area (Å²) < 4.78 is 0. The zero-order valence-electron chi connectivity index (χ0n) is 18.9. The molecule has 1 unspecified atom stereocenters. The molecular weight excluding hydrogens is 442 g/mol. The number of para-hydroxylation sites is 1. The SMILES string of the molecule is CC(=O)N(c1ccccc1)c1nc(C=CC(=O)N2CCCC2c2cccc3ccccc23)cs1. The van der Waals surface area contributed by atoms with E-state index in [1.807, 2.05) is 52.7 Å². The van der Waals surface area contributed by atoms with E-state index >= 15 is 0 Å². The monoisotopic (exact) mass is 467 g/mol. The molecule has 0 N–H and O–H groups in total. The van der Waals surface area contributed by atoms with Crippen molar-refractivity contribution in [3.63, 3.8) is 0 Å². The highest BCUT2D eigenvalue weighted by Crippen LogP contribution is 2.36. The molecular formula is C28H25N3O2S. The van der Waals surface area contributed by atoms with Crippen molar-refractivity contribution in [3.8, 4) is 0 Å². The number of fused-ring (bicyclic) bond motifs is 1. The standard InChI is InChI=1S/C28H25N3O2S/c1-20(32)31(23-11-3-2-4-12-23)28-29-22(19-34-28)16-17-27(33)30-18-8-15-26(30)25-14-7-10-21-9-5-6-13-24(21)25/h2-7,9-14,16-17,19,26H,8,15,18H2,1H3. The average Bonchev–Trinajstić information content (AvgIpc) is 3.53. The minimum Gasteiger partial charge on any atom is -0.332 e. The molecule has 2 heterocycles. The van der Waals surface area contributed by atoms with Gasteiger partial charge in [-0.25, -0.2) is 4.98 Å². The Morgan fingerprint density at radius 2 is 1.79 bits per heavy atom. The summed E-state index contributed by atoms with van der Waals surface area (Å²) in [6.45, 7) is 2.26. The smallest absolute Gasteiger partial charge is 0.247 e. The van der Waals surface area contributed by atoms with Gasteiger partial charge in [0.2, 0.25) is 11.8 Å². The Balaban J connectivity index is 1.35. The van der Waals surface area contributed by atoms with Gasteiger partial charge < -0.3 is 4.90 Å². The number of aromatic nitrogens is 1. The molecule has 1 aliphatic heterocycles. The van der Waals surface area contributed by atoms with Gasteiger partial charge in [-0.1, -0.05) is 60.7 Å². The quantitative estimate of drug-likeness (QED) is 0.321. The number of rotatable bonds is 5. The van der Waals surface area contributed by atoms with Crippen LogP contribution in [0.25, 0.3) is 16.8 Å². The van der Waals surface area contributed by atoms with Gasteiger partial charge in [0.15, 0.2) is 5.13 Å². The van der Waals surface area contributed by atoms with Crippen LogP contribution in [0.2, 0.25) is 0 Å². The van der Waals surface area contributed by atoms with Gasteiger partial charge in [-0.15, -0.1) is 11.3 Å². The van der Waals surface area contributed by atoms with Crippen LogP contribution in [-0.4, -0.2) is 28.2 Å². The van der Waals surface area contributed by atoms with Crippen LogP contribution in [0.15, 0.2) is 84.3 Å². The molecule has 0 radical (unpaired) electrons. The fourth-order valence-electron chi connectivity index (χ4n) is 4.61. The van der Waals surface area contributed by atoms with E-state index < -0.39 is 0 Å². The summed E-state index contributed by atoms with van der Waals surface area (Å²) in [6, 6.07) is 24.2. The molecule has 1 saturated heterocycles. The third-order valence-electron chi connectivity index (χ3n) is 6.15. The number of amides is 2. The van der Waals surface area contributed by atoms with E-state index in [1.165, 1.54) is 34.6 Å². The normalized spacial score (nSPS) is 15.8. The van der Waals surface area contributed by atoms with Crippen molar-refractivity contribution in [1.29, 1.82) is 0 Å². The first-order valence-electron chi connectivity index (χ1n) is 11.4. The molecule has 4 aromatic rings. The predicted molar refractivity (Wildman–Crippen MR) is 138 cm³/mol. The van der Waals surface area contributed by atoms with Crippen LogP contribution in [0.5, 0.6) is 0 Å². The van der Waals surface area contributed by atoms with E-state index in [0.29, 0.717) is 10.8 Å². The van der Waals surface area contributed by atoms with Gasteiger partial charge in [0.1, 0.15) is 0 Å². The second-order valence-electron chi connectivity index (χ2n) is 8.34. The number of thiazole rings is 1. The summed E-state index contributed by atoms with van der Waals surface area (Å²) in [4.78, 5) is 33.6. The Hall–Kier alpha value is -3.77. The fourth-order valence-corrected chi connectivity index (χ4v) is 5.46. The van der Waals surface area contributed by atoms with Crippen LogP contribution in [0.1, 0.15) is 37.1 Å². The number of carbonyl (C=O) groups is 2. The van der Waals surface area contributed by atoms with E-state index in [9.17, 15) is 9.59 Å². The third-order valence-corrected chi connectivity index (χ3v) is 6.99. The van der Waals surface area contributed by atoms with Crippen molar-refractivity contribution >= 4 is 50.8 Å². The molecule has 6 heteroatoms. The summed E-state index contributed by atoms with van der Waals surface area (Å²) in [7, 11) is 0. The molecule has 2 amide bonds. The number of benzene rings is 3. The lowest BCUT2D eigenvalue weighted by Gasteiger charge is -2.25. The fraction of sp³-hybridized carbons (Fsp3) is 0.179. The second-order valence-corrected chi connectivity index (χ2v) is 9.17. The van der Waals surface area contributed by atoms with E-state index in [-0.39, 0.29) is 17.9 Å². The highest BCUT2D eigenvalue weighted by atomic mass is 32.1. The van der Waals surface area contributed by atoms with Crippen molar-refractivity contribution in [3.05, 3.63) is 95.5 Å². The number of likely N-dealkylation sites (tertiary alicyclic amines) is 1. The molecule has 5 rings (SSSR count). The maximum Gasteiger partial charge on any atom is 0.247 e. The highest BCUT2D eigenvalue weighted by Gasteiger charge is 2.29. The summed E-state index contributed by atoms with van der Waals surface area (Å²) in [6.07, 6.45) is 5.28.